The van der Waals surface area contributed by atoms with Gasteiger partial charge in [-0.25, -0.2) is 4.98 Å². The maximum Gasteiger partial charge on any atom is 0.181 e. The summed E-state index contributed by atoms with van der Waals surface area (Å²) in [6, 6.07) is 3.96. The molecule has 3 heteroatoms. The van der Waals surface area contributed by atoms with E-state index in [1.165, 1.54) is 0 Å². The Labute approximate surface area is 71.0 Å². The van der Waals surface area contributed by atoms with E-state index in [9.17, 15) is 0 Å². The van der Waals surface area contributed by atoms with Gasteiger partial charge in [0.25, 0.3) is 0 Å². The van der Waals surface area contributed by atoms with Gasteiger partial charge in [-0.05, 0) is 18.6 Å². The van der Waals surface area contributed by atoms with E-state index in [2.05, 4.69) is 17.0 Å². The second-order valence-corrected chi connectivity index (χ2v) is 2.81. The topological polar surface area (TPSA) is 30.7 Å². The largest absolute Gasteiger partial charge is 0.270 e. The maximum absolute atomic E-state index is 4.31. The third-order valence-electron chi connectivity index (χ3n) is 1.78. The van der Waals surface area contributed by atoms with Crippen LogP contribution in [0.4, 0.5) is 0 Å². The molecule has 0 aliphatic carbocycles. The number of pyridine rings is 1. The predicted octanol–water partition coefficient (Wildman–Crippen LogP) is 1.84. The minimum absolute atomic E-state index is 0.839. The van der Waals surface area contributed by atoms with Crippen molar-refractivity contribution in [2.45, 2.75) is 19.9 Å². The second kappa shape index (κ2) is 2.93. The van der Waals surface area contributed by atoms with Crippen molar-refractivity contribution in [1.29, 1.82) is 0 Å². The molecule has 0 aliphatic rings. The smallest absolute Gasteiger partial charge is 0.181 e. The Morgan fingerprint density at radius 2 is 2.42 bits per heavy atom. The number of fused-ring (bicyclic) bond motifs is 1. The zero-order chi connectivity index (χ0) is 8.39. The van der Waals surface area contributed by atoms with Crippen LogP contribution in [0.25, 0.3) is 11.0 Å². The molecule has 0 aliphatic heterocycles. The van der Waals surface area contributed by atoms with E-state index >= 15 is 0 Å². The molecule has 0 fully saturated rings. The zero-order valence-electron chi connectivity index (χ0n) is 7.07. The number of aryl methyl sites for hydroxylation is 1. The molecule has 2 aromatic heterocycles. The molecule has 0 saturated carbocycles. The fourth-order valence-electron chi connectivity index (χ4n) is 1.25. The Morgan fingerprint density at radius 3 is 3.17 bits per heavy atom. The van der Waals surface area contributed by atoms with Gasteiger partial charge in [-0.1, -0.05) is 6.92 Å². The first-order valence-corrected chi connectivity index (χ1v) is 4.18. The minimum Gasteiger partial charge on any atom is -0.270 e. The number of aromatic nitrogens is 3. The van der Waals surface area contributed by atoms with Gasteiger partial charge < -0.3 is 0 Å². The lowest BCUT2D eigenvalue weighted by Crippen LogP contribution is -1.95. The molecular weight excluding hydrogens is 150 g/mol. The highest BCUT2D eigenvalue weighted by Crippen LogP contribution is 2.07. The minimum atomic E-state index is 0.839. The maximum atomic E-state index is 4.31. The zero-order valence-corrected chi connectivity index (χ0v) is 7.07. The van der Waals surface area contributed by atoms with Crippen molar-refractivity contribution in [3.63, 3.8) is 0 Å². The molecule has 2 aromatic rings. The van der Waals surface area contributed by atoms with Gasteiger partial charge in [0.15, 0.2) is 5.65 Å². The van der Waals surface area contributed by atoms with Crippen LogP contribution in [-0.2, 0) is 6.54 Å². The van der Waals surface area contributed by atoms with Gasteiger partial charge in [0, 0.05) is 24.3 Å². The molecule has 0 atom stereocenters. The van der Waals surface area contributed by atoms with Crippen molar-refractivity contribution >= 4 is 11.0 Å². The lowest BCUT2D eigenvalue weighted by molar-refractivity contribution is 0.607. The Balaban J connectivity index is 2.47. The standard InChI is InChI=1S/C9H11N3/c1-2-6-12-7-8-4-3-5-10-9(8)11-12/h3-5,7H,2,6H2,1H3. The fraction of sp³-hybridized carbons (Fsp3) is 0.333. The highest BCUT2D eigenvalue weighted by molar-refractivity contribution is 5.73. The Morgan fingerprint density at radius 1 is 1.50 bits per heavy atom. The first-order chi connectivity index (χ1) is 5.90. The van der Waals surface area contributed by atoms with Crippen molar-refractivity contribution < 1.29 is 0 Å². The summed E-state index contributed by atoms with van der Waals surface area (Å²) >= 11 is 0. The van der Waals surface area contributed by atoms with Gasteiger partial charge in [0.1, 0.15) is 0 Å². The molecule has 0 amide bonds. The van der Waals surface area contributed by atoms with Crippen molar-refractivity contribution in [3.8, 4) is 0 Å². The Hall–Kier alpha value is -1.38. The third kappa shape index (κ3) is 1.18. The van der Waals surface area contributed by atoms with Gasteiger partial charge in [-0.3, -0.25) is 4.68 Å². The molecule has 3 nitrogen and oxygen atoms in total. The lowest BCUT2D eigenvalue weighted by atomic mass is 10.4. The summed E-state index contributed by atoms with van der Waals surface area (Å²) in [5.74, 6) is 0. The first-order valence-electron chi connectivity index (χ1n) is 4.18. The van der Waals surface area contributed by atoms with Gasteiger partial charge >= 0.3 is 0 Å². The van der Waals surface area contributed by atoms with E-state index in [-0.39, 0.29) is 0 Å². The van der Waals surface area contributed by atoms with E-state index in [4.69, 9.17) is 0 Å². The van der Waals surface area contributed by atoms with Crippen LogP contribution in [0.3, 0.4) is 0 Å². The Kier molecular flexibility index (Phi) is 1.78. The summed E-state index contributed by atoms with van der Waals surface area (Å²) in [6.45, 7) is 3.11. The van der Waals surface area contributed by atoms with Gasteiger partial charge in [0.05, 0.1) is 0 Å². The average Bonchev–Trinajstić information content (AvgIpc) is 2.47. The van der Waals surface area contributed by atoms with Crippen LogP contribution in [0.5, 0.6) is 0 Å². The summed E-state index contributed by atoms with van der Waals surface area (Å²) in [7, 11) is 0. The van der Waals surface area contributed by atoms with Gasteiger partial charge in [-0.15, -0.1) is 0 Å². The van der Waals surface area contributed by atoms with Crippen LogP contribution in [0.2, 0.25) is 0 Å². The van der Waals surface area contributed by atoms with E-state index in [1.807, 2.05) is 23.0 Å². The monoisotopic (exact) mass is 161 g/mol. The summed E-state index contributed by atoms with van der Waals surface area (Å²) in [4.78, 5) is 4.15. The van der Waals surface area contributed by atoms with Crippen LogP contribution in [0.1, 0.15) is 13.3 Å². The van der Waals surface area contributed by atoms with E-state index in [0.29, 0.717) is 0 Å². The fourth-order valence-corrected chi connectivity index (χ4v) is 1.25. The van der Waals surface area contributed by atoms with Crippen LogP contribution in [-0.4, -0.2) is 14.8 Å². The first kappa shape index (κ1) is 7.28. The molecule has 0 bridgehead atoms. The second-order valence-electron chi connectivity index (χ2n) is 2.81. The highest BCUT2D eigenvalue weighted by atomic mass is 15.3. The van der Waals surface area contributed by atoms with Crippen molar-refractivity contribution in [2.75, 3.05) is 0 Å². The summed E-state index contributed by atoms with van der Waals surface area (Å²) in [5.41, 5.74) is 0.839. The molecule has 0 spiro atoms. The van der Waals surface area contributed by atoms with Crippen LogP contribution >= 0.6 is 0 Å². The third-order valence-corrected chi connectivity index (χ3v) is 1.78. The van der Waals surface area contributed by atoms with Crippen LogP contribution in [0, 0.1) is 0 Å². The molecule has 2 heterocycles. The van der Waals surface area contributed by atoms with E-state index < -0.39 is 0 Å². The SMILES string of the molecule is CCCn1cc2cccnc2n1. The molecule has 0 aromatic carbocycles. The molecule has 12 heavy (non-hydrogen) atoms. The molecule has 0 radical (unpaired) electrons. The Bertz CT molecular complexity index is 345. The quantitative estimate of drug-likeness (QED) is 0.672. The molecule has 0 N–H and O–H groups in total. The van der Waals surface area contributed by atoms with Crippen molar-refractivity contribution in [2.24, 2.45) is 0 Å². The molecule has 62 valence electrons. The number of nitrogens with zero attached hydrogens (tertiary/aromatic N) is 3. The van der Waals surface area contributed by atoms with Gasteiger partial charge in [0.2, 0.25) is 0 Å². The van der Waals surface area contributed by atoms with Crippen molar-refractivity contribution in [3.05, 3.63) is 24.5 Å². The predicted molar refractivity (Wildman–Crippen MR) is 47.8 cm³/mol. The van der Waals surface area contributed by atoms with Crippen LogP contribution < -0.4 is 0 Å². The normalized spacial score (nSPS) is 10.8. The number of hydrogen-bond donors (Lipinski definition) is 0. The number of rotatable bonds is 2. The summed E-state index contributed by atoms with van der Waals surface area (Å²) in [6.07, 6.45) is 4.91. The molecule has 0 saturated heterocycles. The molecule has 2 rings (SSSR count). The highest BCUT2D eigenvalue weighted by Gasteiger charge is 1.97. The van der Waals surface area contributed by atoms with Crippen LogP contribution in [0.15, 0.2) is 24.5 Å². The average molecular weight is 161 g/mol. The molecule has 0 unspecified atom stereocenters. The van der Waals surface area contributed by atoms with Gasteiger partial charge in [-0.2, -0.15) is 5.10 Å². The summed E-state index contributed by atoms with van der Waals surface area (Å²) < 4.78 is 1.94. The summed E-state index contributed by atoms with van der Waals surface area (Å²) in [5, 5.41) is 5.42. The van der Waals surface area contributed by atoms with Crippen molar-refractivity contribution in [1.82, 2.24) is 14.8 Å². The van der Waals surface area contributed by atoms with E-state index in [1.54, 1.807) is 6.20 Å². The number of hydrogen-bond acceptors (Lipinski definition) is 2. The lowest BCUT2D eigenvalue weighted by Gasteiger charge is -1.93. The van der Waals surface area contributed by atoms with E-state index in [0.717, 1.165) is 24.0 Å². The molecular formula is C9H11N3.